The number of benzene rings is 2. The third kappa shape index (κ3) is 3.29. The second-order valence-electron chi connectivity index (χ2n) is 9.06. The number of anilines is 1. The maximum absolute atomic E-state index is 13.8. The molecule has 1 N–H and O–H groups in total. The molecule has 4 unspecified atom stereocenters. The SMILES string of the molecule is Cc1ccc(S(=O)(=O)NC(=O)C2CN3CC4C(=O)N(c5ccc(C#N)c(Cl)c5C)C(=O)[N+]24C3)cc1. The first-order valence-corrected chi connectivity index (χ1v) is 12.7. The summed E-state index contributed by atoms with van der Waals surface area (Å²) in [6.45, 7) is 3.96. The minimum Gasteiger partial charge on any atom is -0.267 e. The molecule has 5 rings (SSSR count). The summed E-state index contributed by atoms with van der Waals surface area (Å²) in [6, 6.07) is 8.38. The van der Waals surface area contributed by atoms with E-state index in [0.717, 1.165) is 10.5 Å². The molecule has 0 saturated carbocycles. The highest BCUT2D eigenvalue weighted by atomic mass is 35.5. The summed E-state index contributed by atoms with van der Waals surface area (Å²) in [5.41, 5.74) is 1.72. The zero-order valence-electron chi connectivity index (χ0n) is 18.9. The lowest BCUT2D eigenvalue weighted by Gasteiger charge is -2.32. The first-order valence-electron chi connectivity index (χ1n) is 10.8. The van der Waals surface area contributed by atoms with Crippen molar-refractivity contribution in [2.45, 2.75) is 30.8 Å². The number of rotatable bonds is 4. The first kappa shape index (κ1) is 23.4. The molecule has 35 heavy (non-hydrogen) atoms. The van der Waals surface area contributed by atoms with Gasteiger partial charge in [-0.25, -0.2) is 27.3 Å². The fraction of sp³-hybridized carbons (Fsp3) is 0.304. The van der Waals surface area contributed by atoms with E-state index >= 15 is 0 Å². The summed E-state index contributed by atoms with van der Waals surface area (Å²) in [5.74, 6) is -1.32. The monoisotopic (exact) mass is 514 g/mol. The van der Waals surface area contributed by atoms with E-state index in [1.807, 2.05) is 17.9 Å². The Balaban J connectivity index is 1.49. The van der Waals surface area contributed by atoms with Crippen LogP contribution in [-0.2, 0) is 19.6 Å². The Kier molecular flexibility index (Phi) is 5.26. The Bertz CT molecular complexity index is 1450. The third-order valence-corrected chi connectivity index (χ3v) is 8.90. The van der Waals surface area contributed by atoms with E-state index in [1.165, 1.54) is 24.3 Å². The number of urea groups is 1. The predicted molar refractivity (Wildman–Crippen MR) is 125 cm³/mol. The highest BCUT2D eigenvalue weighted by Gasteiger charge is 2.73. The molecule has 4 atom stereocenters. The van der Waals surface area contributed by atoms with Crippen LogP contribution >= 0.6 is 11.6 Å². The fourth-order valence-corrected chi connectivity index (χ4v) is 6.46. The molecule has 3 saturated heterocycles. The van der Waals surface area contributed by atoms with Crippen molar-refractivity contribution in [2.24, 2.45) is 0 Å². The van der Waals surface area contributed by atoms with Crippen LogP contribution in [0.5, 0.6) is 0 Å². The number of nitrogens with zero attached hydrogens (tertiary/aromatic N) is 4. The molecule has 2 aromatic carbocycles. The summed E-state index contributed by atoms with van der Waals surface area (Å²) >= 11 is 6.27. The van der Waals surface area contributed by atoms with E-state index in [-0.39, 0.29) is 40.9 Å². The molecule has 1 spiro atoms. The molecule has 180 valence electrons. The molecule has 3 heterocycles. The van der Waals surface area contributed by atoms with Gasteiger partial charge in [0.15, 0.2) is 12.1 Å². The van der Waals surface area contributed by atoms with Crippen molar-refractivity contribution in [1.82, 2.24) is 9.62 Å². The largest absolute Gasteiger partial charge is 0.433 e. The van der Waals surface area contributed by atoms with Crippen LogP contribution in [0.25, 0.3) is 0 Å². The molecule has 0 aliphatic carbocycles. The number of nitriles is 1. The van der Waals surface area contributed by atoms with Crippen LogP contribution in [0.15, 0.2) is 41.3 Å². The number of hydrogen-bond donors (Lipinski definition) is 1. The van der Waals surface area contributed by atoms with Crippen LogP contribution in [-0.4, -0.2) is 67.5 Å². The quantitative estimate of drug-likeness (QED) is 0.485. The lowest BCUT2D eigenvalue weighted by Crippen LogP contribution is -2.64. The van der Waals surface area contributed by atoms with Crippen LogP contribution in [0.4, 0.5) is 10.5 Å². The fourth-order valence-electron chi connectivity index (χ4n) is 5.24. The average molecular weight is 515 g/mol. The van der Waals surface area contributed by atoms with Crippen LogP contribution in [0.3, 0.4) is 0 Å². The third-order valence-electron chi connectivity index (χ3n) is 7.05. The number of quaternary nitrogens is 1. The molecule has 4 amide bonds. The van der Waals surface area contributed by atoms with E-state index in [0.29, 0.717) is 5.56 Å². The Morgan fingerprint density at radius 1 is 1.14 bits per heavy atom. The summed E-state index contributed by atoms with van der Waals surface area (Å²) in [7, 11) is -4.17. The van der Waals surface area contributed by atoms with E-state index in [1.54, 1.807) is 19.1 Å². The minimum atomic E-state index is -4.17. The molecular formula is C23H21ClN5O5S+. The van der Waals surface area contributed by atoms with Gasteiger partial charge < -0.3 is 0 Å². The average Bonchev–Trinajstić information content (AvgIpc) is 3.45. The number of fused-ring (bicyclic) bond motifs is 1. The number of imide groups is 1. The van der Waals surface area contributed by atoms with Gasteiger partial charge >= 0.3 is 6.03 Å². The van der Waals surface area contributed by atoms with Crippen LogP contribution in [0.1, 0.15) is 16.7 Å². The number of piperazine rings is 1. The van der Waals surface area contributed by atoms with Crippen LogP contribution < -0.4 is 9.62 Å². The molecule has 3 aliphatic rings. The van der Waals surface area contributed by atoms with Crippen molar-refractivity contribution in [3.8, 4) is 6.07 Å². The molecule has 0 radical (unpaired) electrons. The number of nitrogens with one attached hydrogen (secondary N) is 1. The zero-order valence-corrected chi connectivity index (χ0v) is 20.4. The van der Waals surface area contributed by atoms with Crippen molar-refractivity contribution in [3.05, 3.63) is 58.1 Å². The van der Waals surface area contributed by atoms with Crippen molar-refractivity contribution in [2.75, 3.05) is 24.7 Å². The van der Waals surface area contributed by atoms with Gasteiger partial charge in [-0.15, -0.1) is 0 Å². The van der Waals surface area contributed by atoms with Gasteiger partial charge in [0.2, 0.25) is 0 Å². The molecule has 12 heteroatoms. The van der Waals surface area contributed by atoms with Crippen molar-refractivity contribution < 1.29 is 27.3 Å². The molecule has 10 nitrogen and oxygen atoms in total. The van der Waals surface area contributed by atoms with Gasteiger partial charge in [-0.1, -0.05) is 29.3 Å². The standard InChI is InChI=1S/C23H20ClN5O5S/c1-13-3-6-16(7-4-13)35(33,34)26-21(30)18-10-27-11-19-22(31)28(23(32)29(18,19)12-27)17-8-5-15(9-25)20(24)14(17)2/h3-8,18-19H,10-12H2,1-2H3/p+1. The molecule has 2 aromatic rings. The number of carbonyl (C=O) groups is 3. The second-order valence-corrected chi connectivity index (χ2v) is 11.1. The van der Waals surface area contributed by atoms with E-state index in [4.69, 9.17) is 11.6 Å². The summed E-state index contributed by atoms with van der Waals surface area (Å²) in [4.78, 5) is 43.2. The van der Waals surface area contributed by atoms with Gasteiger partial charge in [0, 0.05) is 0 Å². The first-order chi connectivity index (χ1) is 16.5. The van der Waals surface area contributed by atoms with Crippen molar-refractivity contribution in [1.29, 1.82) is 5.26 Å². The molecule has 3 fully saturated rings. The topological polar surface area (TPSA) is 128 Å². The number of hydrogen-bond acceptors (Lipinski definition) is 7. The van der Waals surface area contributed by atoms with Gasteiger partial charge in [-0.3, -0.25) is 9.59 Å². The van der Waals surface area contributed by atoms with Gasteiger partial charge in [0.25, 0.3) is 21.8 Å². The maximum Gasteiger partial charge on any atom is 0.433 e. The highest BCUT2D eigenvalue weighted by molar-refractivity contribution is 7.90. The summed E-state index contributed by atoms with van der Waals surface area (Å²) in [6.07, 6.45) is 0. The summed E-state index contributed by atoms with van der Waals surface area (Å²) in [5, 5.41) is 9.36. The van der Waals surface area contributed by atoms with E-state index < -0.39 is 44.4 Å². The van der Waals surface area contributed by atoms with Crippen LogP contribution in [0, 0.1) is 25.2 Å². The molecule has 2 bridgehead atoms. The minimum absolute atomic E-state index is 0.0697. The smallest absolute Gasteiger partial charge is 0.267 e. The van der Waals surface area contributed by atoms with Gasteiger partial charge in [0.05, 0.1) is 34.3 Å². The second kappa shape index (κ2) is 7.86. The zero-order chi connectivity index (χ0) is 25.3. The lowest BCUT2D eigenvalue weighted by molar-refractivity contribution is -0.853. The van der Waals surface area contributed by atoms with Crippen molar-refractivity contribution >= 4 is 45.2 Å². The van der Waals surface area contributed by atoms with Gasteiger partial charge in [-0.05, 0) is 43.7 Å². The molecular weight excluding hydrogens is 494 g/mol. The highest BCUT2D eigenvalue weighted by Crippen LogP contribution is 2.44. The lowest BCUT2D eigenvalue weighted by atomic mass is 10.1. The number of aryl methyl sites for hydroxylation is 1. The summed E-state index contributed by atoms with van der Waals surface area (Å²) < 4.78 is 27.3. The number of halogens is 1. The van der Waals surface area contributed by atoms with Gasteiger partial charge in [-0.2, -0.15) is 10.2 Å². The number of carbonyl (C=O) groups excluding carboxylic acids is 3. The Hall–Kier alpha value is -3.30. The molecule has 3 aliphatic heterocycles. The van der Waals surface area contributed by atoms with Gasteiger partial charge in [0.1, 0.15) is 12.7 Å². The van der Waals surface area contributed by atoms with Crippen LogP contribution in [0.2, 0.25) is 5.02 Å². The molecule has 0 aromatic heterocycles. The predicted octanol–water partition coefficient (Wildman–Crippen LogP) is 1.64. The normalized spacial score (nSPS) is 27.1. The Labute approximate surface area is 206 Å². The number of sulfonamides is 1. The Morgan fingerprint density at radius 2 is 1.83 bits per heavy atom. The van der Waals surface area contributed by atoms with Crippen molar-refractivity contribution in [3.63, 3.8) is 0 Å². The maximum atomic E-state index is 13.8. The van der Waals surface area contributed by atoms with E-state index in [2.05, 4.69) is 4.72 Å². The number of amides is 4. The Morgan fingerprint density at radius 3 is 2.49 bits per heavy atom. The van der Waals surface area contributed by atoms with E-state index in [9.17, 15) is 28.1 Å².